The molecule has 0 spiro atoms. The van der Waals surface area contributed by atoms with Crippen molar-refractivity contribution in [3.63, 3.8) is 0 Å². The van der Waals surface area contributed by atoms with Gasteiger partial charge in [0.05, 0.1) is 6.42 Å². The van der Waals surface area contributed by atoms with E-state index >= 15 is 0 Å². The summed E-state index contributed by atoms with van der Waals surface area (Å²) in [6.45, 7) is 5.74. The molecule has 4 nitrogen and oxygen atoms in total. The van der Waals surface area contributed by atoms with E-state index in [1.165, 1.54) is 0 Å². The molecule has 0 heterocycles. The largest absolute Gasteiger partial charge is 0.481 e. The molecule has 0 aliphatic carbocycles. The highest BCUT2D eigenvalue weighted by Gasteiger charge is 2.28. The van der Waals surface area contributed by atoms with Crippen LogP contribution < -0.4 is 5.32 Å². The Bertz CT molecular complexity index is 480. The number of hydrogen-bond acceptors (Lipinski definition) is 2. The van der Waals surface area contributed by atoms with Gasteiger partial charge in [0.15, 0.2) is 0 Å². The molecule has 1 unspecified atom stereocenters. The van der Waals surface area contributed by atoms with Crippen LogP contribution >= 0.6 is 22.6 Å². The molecule has 0 fully saturated rings. The first-order valence-electron chi connectivity index (χ1n) is 5.98. The number of carboxylic acids is 1. The Hall–Kier alpha value is -1.11. The summed E-state index contributed by atoms with van der Waals surface area (Å²) >= 11 is 2.13. The van der Waals surface area contributed by atoms with Gasteiger partial charge in [0.1, 0.15) is 0 Å². The summed E-state index contributed by atoms with van der Waals surface area (Å²) < 4.78 is 0.968. The zero-order chi connectivity index (χ0) is 14.6. The van der Waals surface area contributed by atoms with Crippen molar-refractivity contribution in [2.24, 2.45) is 5.41 Å². The van der Waals surface area contributed by atoms with Gasteiger partial charge >= 0.3 is 5.97 Å². The SMILES string of the molecule is CC(C)(C)C(CC(=O)O)NC(=O)c1cccc(I)c1. The molecule has 0 aliphatic heterocycles. The molecule has 0 saturated heterocycles. The summed E-state index contributed by atoms with van der Waals surface area (Å²) in [6.07, 6.45) is -0.0842. The molecule has 5 heteroatoms. The third-order valence-corrected chi connectivity index (χ3v) is 3.49. The summed E-state index contributed by atoms with van der Waals surface area (Å²) in [6, 6.07) is 6.79. The van der Waals surface area contributed by atoms with Gasteiger partial charge in [-0.1, -0.05) is 26.8 Å². The predicted molar refractivity (Wildman–Crippen MR) is 82.1 cm³/mol. The minimum atomic E-state index is -0.914. The van der Waals surface area contributed by atoms with E-state index in [4.69, 9.17) is 5.11 Å². The highest BCUT2D eigenvalue weighted by molar-refractivity contribution is 14.1. The van der Waals surface area contributed by atoms with Gasteiger partial charge in [-0.05, 0) is 46.2 Å². The van der Waals surface area contributed by atoms with Crippen molar-refractivity contribution in [3.8, 4) is 0 Å². The second-order valence-corrected chi connectivity index (χ2v) is 6.75. The second-order valence-electron chi connectivity index (χ2n) is 5.50. The Kier molecular flexibility index (Phi) is 5.34. The number of carbonyl (C=O) groups excluding carboxylic acids is 1. The van der Waals surface area contributed by atoms with Crippen molar-refractivity contribution in [1.82, 2.24) is 5.32 Å². The van der Waals surface area contributed by atoms with Gasteiger partial charge < -0.3 is 10.4 Å². The number of halogens is 1. The first-order chi connectivity index (χ1) is 8.70. The molecular weight excluding hydrogens is 357 g/mol. The Balaban J connectivity index is 2.85. The fourth-order valence-corrected chi connectivity index (χ4v) is 2.16. The monoisotopic (exact) mass is 375 g/mol. The number of hydrogen-bond donors (Lipinski definition) is 2. The lowest BCUT2D eigenvalue weighted by atomic mass is 9.84. The highest BCUT2D eigenvalue weighted by atomic mass is 127. The molecule has 1 aromatic carbocycles. The molecule has 0 aromatic heterocycles. The van der Waals surface area contributed by atoms with Crippen LogP contribution in [0.5, 0.6) is 0 Å². The molecule has 1 atom stereocenters. The van der Waals surface area contributed by atoms with Crippen molar-refractivity contribution in [3.05, 3.63) is 33.4 Å². The highest BCUT2D eigenvalue weighted by Crippen LogP contribution is 2.22. The smallest absolute Gasteiger partial charge is 0.305 e. The van der Waals surface area contributed by atoms with E-state index in [9.17, 15) is 9.59 Å². The second kappa shape index (κ2) is 6.36. The molecular formula is C14H18INO3. The Morgan fingerprint density at radius 1 is 1.37 bits per heavy atom. The first-order valence-corrected chi connectivity index (χ1v) is 7.06. The van der Waals surface area contributed by atoms with Crippen LogP contribution in [0, 0.1) is 8.99 Å². The van der Waals surface area contributed by atoms with E-state index in [2.05, 4.69) is 27.9 Å². The fourth-order valence-electron chi connectivity index (χ4n) is 1.62. The summed E-state index contributed by atoms with van der Waals surface area (Å²) in [7, 11) is 0. The third kappa shape index (κ3) is 5.18. The van der Waals surface area contributed by atoms with E-state index in [0.717, 1.165) is 3.57 Å². The van der Waals surface area contributed by atoms with Gasteiger partial charge in [-0.2, -0.15) is 0 Å². The summed E-state index contributed by atoms with van der Waals surface area (Å²) in [4.78, 5) is 23.0. The van der Waals surface area contributed by atoms with E-state index in [1.54, 1.807) is 18.2 Å². The Morgan fingerprint density at radius 3 is 2.47 bits per heavy atom. The molecule has 1 amide bonds. The maximum Gasteiger partial charge on any atom is 0.305 e. The molecule has 2 N–H and O–H groups in total. The van der Waals surface area contributed by atoms with Crippen molar-refractivity contribution in [2.75, 3.05) is 0 Å². The van der Waals surface area contributed by atoms with Crippen molar-refractivity contribution < 1.29 is 14.7 Å². The van der Waals surface area contributed by atoms with Gasteiger partial charge in [0.25, 0.3) is 5.91 Å². The average molecular weight is 375 g/mol. The maximum atomic E-state index is 12.1. The van der Waals surface area contributed by atoms with Crippen LogP contribution in [0.1, 0.15) is 37.6 Å². The Labute approximate surface area is 126 Å². The third-order valence-electron chi connectivity index (χ3n) is 2.82. The van der Waals surface area contributed by atoms with Crippen molar-refractivity contribution >= 4 is 34.5 Å². The lowest BCUT2D eigenvalue weighted by molar-refractivity contribution is -0.138. The van der Waals surface area contributed by atoms with E-state index in [-0.39, 0.29) is 17.7 Å². The van der Waals surface area contributed by atoms with Gasteiger partial charge in [-0.25, -0.2) is 0 Å². The molecule has 1 rings (SSSR count). The maximum absolute atomic E-state index is 12.1. The zero-order valence-corrected chi connectivity index (χ0v) is 13.4. The van der Waals surface area contributed by atoms with Crippen molar-refractivity contribution in [1.29, 1.82) is 0 Å². The van der Waals surface area contributed by atoms with Crippen LogP contribution in [-0.2, 0) is 4.79 Å². The summed E-state index contributed by atoms with van der Waals surface area (Å²) in [5.74, 6) is -1.15. The number of carbonyl (C=O) groups is 2. The summed E-state index contributed by atoms with van der Waals surface area (Å²) in [5.41, 5.74) is 0.238. The minimum Gasteiger partial charge on any atom is -0.481 e. The van der Waals surface area contributed by atoms with Crippen LogP contribution in [0.4, 0.5) is 0 Å². The topological polar surface area (TPSA) is 66.4 Å². The molecule has 0 aliphatic rings. The van der Waals surface area contributed by atoms with Gasteiger partial charge in [0.2, 0.25) is 0 Å². The lowest BCUT2D eigenvalue weighted by Gasteiger charge is -2.30. The predicted octanol–water partition coefficient (Wildman–Crippen LogP) is 2.91. The molecule has 1 aromatic rings. The van der Waals surface area contributed by atoms with Crippen LogP contribution in [-0.4, -0.2) is 23.0 Å². The van der Waals surface area contributed by atoms with Crippen LogP contribution in [0.15, 0.2) is 24.3 Å². The van der Waals surface area contributed by atoms with E-state index in [1.807, 2.05) is 26.8 Å². The molecule has 104 valence electrons. The number of aliphatic carboxylic acids is 1. The fraction of sp³-hybridized carbons (Fsp3) is 0.429. The molecule has 0 radical (unpaired) electrons. The number of rotatable bonds is 4. The van der Waals surface area contributed by atoms with Crippen molar-refractivity contribution in [2.45, 2.75) is 33.2 Å². The molecule has 19 heavy (non-hydrogen) atoms. The number of benzene rings is 1. The minimum absolute atomic E-state index is 0.0842. The Morgan fingerprint density at radius 2 is 2.00 bits per heavy atom. The zero-order valence-electron chi connectivity index (χ0n) is 11.2. The molecule has 0 saturated carbocycles. The van der Waals surface area contributed by atoms with Crippen LogP contribution in [0.25, 0.3) is 0 Å². The molecule has 0 bridgehead atoms. The quantitative estimate of drug-likeness (QED) is 0.796. The standard InChI is InChI=1S/C14H18INO3/c1-14(2,3)11(8-12(17)18)16-13(19)9-5-4-6-10(15)7-9/h4-7,11H,8H2,1-3H3,(H,16,19)(H,17,18). The van der Waals surface area contributed by atoms with Gasteiger partial charge in [-0.15, -0.1) is 0 Å². The number of carboxylic acid groups (broad SMARTS) is 1. The first kappa shape index (κ1) is 15.9. The number of nitrogens with one attached hydrogen (secondary N) is 1. The van der Waals surface area contributed by atoms with E-state index < -0.39 is 12.0 Å². The normalized spacial score (nSPS) is 12.8. The van der Waals surface area contributed by atoms with Gasteiger partial charge in [0, 0.05) is 15.2 Å². The van der Waals surface area contributed by atoms with Crippen LogP contribution in [0.3, 0.4) is 0 Å². The van der Waals surface area contributed by atoms with Crippen LogP contribution in [0.2, 0.25) is 0 Å². The average Bonchev–Trinajstić information content (AvgIpc) is 2.26. The number of amides is 1. The van der Waals surface area contributed by atoms with E-state index in [0.29, 0.717) is 5.56 Å². The lowest BCUT2D eigenvalue weighted by Crippen LogP contribution is -2.45. The van der Waals surface area contributed by atoms with Gasteiger partial charge in [-0.3, -0.25) is 9.59 Å². The summed E-state index contributed by atoms with van der Waals surface area (Å²) in [5, 5.41) is 11.7.